The quantitative estimate of drug-likeness (QED) is 0.190. The van der Waals surface area contributed by atoms with Gasteiger partial charge in [-0.25, -0.2) is 0 Å². The highest BCUT2D eigenvalue weighted by molar-refractivity contribution is 5.75. The summed E-state index contributed by atoms with van der Waals surface area (Å²) in [6.45, 7) is 1.68. The van der Waals surface area contributed by atoms with E-state index in [0.717, 1.165) is 25.7 Å². The van der Waals surface area contributed by atoms with Crippen molar-refractivity contribution in [1.29, 1.82) is 0 Å². The molecule has 0 amide bonds. The van der Waals surface area contributed by atoms with Crippen molar-refractivity contribution in [3.05, 3.63) is 5.53 Å². The van der Waals surface area contributed by atoms with Crippen LogP contribution in [0.4, 0.5) is 0 Å². The average molecular weight is 266 g/mol. The lowest BCUT2D eigenvalue weighted by molar-refractivity contribution is -0.117. The number of nitrogens with zero attached hydrogens (tertiary/aromatic N) is 2. The summed E-state index contributed by atoms with van der Waals surface area (Å²) >= 11 is 0. The summed E-state index contributed by atoms with van der Waals surface area (Å²) in [5.74, 6) is 0.324. The largest absolute Gasteiger partial charge is 0.362 e. The van der Waals surface area contributed by atoms with Crippen LogP contribution in [0.1, 0.15) is 90.4 Å². The van der Waals surface area contributed by atoms with E-state index in [1.165, 1.54) is 57.8 Å². The zero-order valence-electron chi connectivity index (χ0n) is 12.6. The first kappa shape index (κ1) is 18.0. The van der Waals surface area contributed by atoms with Crippen molar-refractivity contribution in [3.63, 3.8) is 0 Å². The zero-order valence-corrected chi connectivity index (χ0v) is 12.6. The molecule has 0 rings (SSSR count). The Hall–Kier alpha value is -0.950. The third kappa shape index (κ3) is 17.1. The smallest absolute Gasteiger partial charge is 0.257 e. The molecule has 0 heterocycles. The van der Waals surface area contributed by atoms with Gasteiger partial charge >= 0.3 is 0 Å². The number of Topliss-reactive ketones (excluding diaryl/α,β-unsaturated/α-hetero) is 1. The molecule has 0 aromatic carbocycles. The van der Waals surface area contributed by atoms with Crippen molar-refractivity contribution in [2.45, 2.75) is 90.4 Å². The van der Waals surface area contributed by atoms with E-state index in [0.29, 0.717) is 5.78 Å². The van der Waals surface area contributed by atoms with Gasteiger partial charge in [0.15, 0.2) is 0 Å². The van der Waals surface area contributed by atoms with Crippen LogP contribution >= 0.6 is 0 Å². The summed E-state index contributed by atoms with van der Waals surface area (Å²) in [6, 6.07) is 0. The van der Waals surface area contributed by atoms with Crippen LogP contribution < -0.4 is 0 Å². The second kappa shape index (κ2) is 15.1. The number of carbonyl (C=O) groups excluding carboxylic acids is 1. The van der Waals surface area contributed by atoms with Crippen molar-refractivity contribution in [3.8, 4) is 0 Å². The summed E-state index contributed by atoms with van der Waals surface area (Å²) < 4.78 is 0. The Morgan fingerprint density at radius 3 is 1.68 bits per heavy atom. The molecule has 0 aliphatic heterocycles. The average Bonchev–Trinajstić information content (AvgIpc) is 2.39. The Balaban J connectivity index is 2.99. The van der Waals surface area contributed by atoms with E-state index in [2.05, 4.69) is 4.79 Å². The molecule has 0 N–H and O–H groups in total. The summed E-state index contributed by atoms with van der Waals surface area (Å²) in [5.41, 5.74) is 8.22. The van der Waals surface area contributed by atoms with Gasteiger partial charge in [0, 0.05) is 12.8 Å². The zero-order chi connectivity index (χ0) is 14.2. The molecule has 110 valence electrons. The molecule has 0 fully saturated rings. The van der Waals surface area contributed by atoms with Crippen LogP contribution in [0.3, 0.4) is 0 Å². The molecule has 0 spiro atoms. The van der Waals surface area contributed by atoms with Crippen LogP contribution in [0.2, 0.25) is 0 Å². The number of hydrogen-bond donors (Lipinski definition) is 0. The lowest BCUT2D eigenvalue weighted by Gasteiger charge is -2.02. The number of unbranched alkanes of at least 4 members (excludes halogenated alkanes) is 11. The van der Waals surface area contributed by atoms with Gasteiger partial charge in [-0.1, -0.05) is 57.8 Å². The lowest BCUT2D eigenvalue weighted by Crippen LogP contribution is -1.89. The SMILES string of the molecule is CC(=O)CCCCCCCCCCCCCC=[N+]=[N-]. The molecule has 0 aliphatic rings. The van der Waals surface area contributed by atoms with Crippen LogP contribution in [0, 0.1) is 0 Å². The van der Waals surface area contributed by atoms with Gasteiger partial charge in [0.05, 0.1) is 0 Å². The Morgan fingerprint density at radius 1 is 0.842 bits per heavy atom. The van der Waals surface area contributed by atoms with Crippen molar-refractivity contribution >= 4 is 12.0 Å². The second-order valence-electron chi connectivity index (χ2n) is 5.43. The van der Waals surface area contributed by atoms with E-state index in [-0.39, 0.29) is 0 Å². The maximum Gasteiger partial charge on any atom is 0.257 e. The highest BCUT2D eigenvalue weighted by Crippen LogP contribution is 2.12. The highest BCUT2D eigenvalue weighted by atomic mass is 16.1. The molecule has 0 atom stereocenters. The van der Waals surface area contributed by atoms with Crippen LogP contribution in [-0.2, 0) is 4.79 Å². The molecule has 0 unspecified atom stereocenters. The Bertz CT molecular complexity index is 245. The predicted molar refractivity (Wildman–Crippen MR) is 80.4 cm³/mol. The molecule has 19 heavy (non-hydrogen) atoms. The number of carbonyl (C=O) groups is 1. The van der Waals surface area contributed by atoms with Gasteiger partial charge < -0.3 is 10.3 Å². The molecular weight excluding hydrogens is 236 g/mol. The third-order valence-electron chi connectivity index (χ3n) is 3.44. The molecule has 0 aliphatic carbocycles. The first-order valence-corrected chi connectivity index (χ1v) is 7.92. The first-order valence-electron chi connectivity index (χ1n) is 7.92. The number of hydrogen-bond acceptors (Lipinski definition) is 1. The minimum atomic E-state index is 0.324. The second-order valence-corrected chi connectivity index (χ2v) is 5.43. The Kier molecular flexibility index (Phi) is 14.4. The fourth-order valence-electron chi connectivity index (χ4n) is 2.26. The van der Waals surface area contributed by atoms with Gasteiger partial charge in [0.2, 0.25) is 0 Å². The van der Waals surface area contributed by atoms with E-state index in [1.807, 2.05) is 0 Å². The highest BCUT2D eigenvalue weighted by Gasteiger charge is 1.95. The van der Waals surface area contributed by atoms with Crippen LogP contribution in [0.15, 0.2) is 0 Å². The van der Waals surface area contributed by atoms with Crippen molar-refractivity contribution in [2.75, 3.05) is 0 Å². The summed E-state index contributed by atoms with van der Waals surface area (Å²) in [5, 5.41) is 0. The summed E-state index contributed by atoms with van der Waals surface area (Å²) in [4.78, 5) is 13.7. The summed E-state index contributed by atoms with van der Waals surface area (Å²) in [7, 11) is 0. The normalized spacial score (nSPS) is 10.2. The monoisotopic (exact) mass is 266 g/mol. The van der Waals surface area contributed by atoms with E-state index < -0.39 is 0 Å². The maximum atomic E-state index is 10.7. The molecule has 0 saturated heterocycles. The predicted octanol–water partition coefficient (Wildman–Crippen LogP) is 4.95. The minimum Gasteiger partial charge on any atom is -0.362 e. The topological polar surface area (TPSA) is 53.5 Å². The van der Waals surface area contributed by atoms with Gasteiger partial charge in [0.25, 0.3) is 6.21 Å². The van der Waals surface area contributed by atoms with Gasteiger partial charge in [0.1, 0.15) is 5.78 Å². The standard InChI is InChI=1S/C16H30N2O/c1-16(19)14-12-10-8-6-4-2-3-5-7-9-11-13-15-18-17/h15H,2-14H2,1H3. The van der Waals surface area contributed by atoms with E-state index in [9.17, 15) is 4.79 Å². The van der Waals surface area contributed by atoms with Gasteiger partial charge in [-0.2, -0.15) is 4.79 Å². The molecule has 0 bridgehead atoms. The van der Waals surface area contributed by atoms with Crippen LogP contribution in [0.5, 0.6) is 0 Å². The van der Waals surface area contributed by atoms with Crippen molar-refractivity contribution < 1.29 is 9.58 Å². The number of rotatable bonds is 14. The van der Waals surface area contributed by atoms with Gasteiger partial charge in [-0.15, -0.1) is 0 Å². The Labute approximate surface area is 118 Å². The van der Waals surface area contributed by atoms with Gasteiger partial charge in [-0.05, 0) is 19.8 Å². The first-order chi connectivity index (χ1) is 9.27. The number of ketones is 1. The molecule has 3 heteroatoms. The van der Waals surface area contributed by atoms with E-state index in [4.69, 9.17) is 5.53 Å². The molecule has 0 aromatic rings. The van der Waals surface area contributed by atoms with Crippen LogP contribution in [-0.4, -0.2) is 16.8 Å². The van der Waals surface area contributed by atoms with Gasteiger partial charge in [-0.3, -0.25) is 0 Å². The fourth-order valence-corrected chi connectivity index (χ4v) is 2.26. The minimum absolute atomic E-state index is 0.324. The maximum absolute atomic E-state index is 10.7. The van der Waals surface area contributed by atoms with Crippen molar-refractivity contribution in [1.82, 2.24) is 0 Å². The molecular formula is C16H30N2O. The lowest BCUT2D eigenvalue weighted by atomic mass is 10.0. The van der Waals surface area contributed by atoms with Crippen LogP contribution in [0.25, 0.3) is 5.53 Å². The third-order valence-corrected chi connectivity index (χ3v) is 3.44. The molecule has 0 radical (unpaired) electrons. The molecule has 0 saturated carbocycles. The molecule has 3 nitrogen and oxygen atoms in total. The Morgan fingerprint density at radius 2 is 1.26 bits per heavy atom. The van der Waals surface area contributed by atoms with E-state index in [1.54, 1.807) is 13.1 Å². The van der Waals surface area contributed by atoms with E-state index >= 15 is 0 Å². The van der Waals surface area contributed by atoms with Crippen molar-refractivity contribution in [2.24, 2.45) is 0 Å². The fraction of sp³-hybridized carbons (Fsp3) is 0.875. The summed E-state index contributed by atoms with van der Waals surface area (Å²) in [6.07, 6.45) is 17.2. The molecule has 0 aromatic heterocycles.